The summed E-state index contributed by atoms with van der Waals surface area (Å²) in [6.07, 6.45) is 0.647. The molecule has 0 saturated heterocycles. The Balaban J connectivity index is 2.62. The smallest absolute Gasteiger partial charge is 0.132 e. The van der Waals surface area contributed by atoms with Crippen LogP contribution >= 0.6 is 0 Å². The van der Waals surface area contributed by atoms with Gasteiger partial charge in [-0.15, -0.1) is 0 Å². The highest BCUT2D eigenvalue weighted by Crippen LogP contribution is 2.19. The lowest BCUT2D eigenvalue weighted by molar-refractivity contribution is 0.640. The molecule has 1 heterocycles. The number of nitrogens with one attached hydrogen (secondary N) is 2. The van der Waals surface area contributed by atoms with Crippen LogP contribution in [0, 0.1) is 11.2 Å². The maximum absolute atomic E-state index is 13.3. The minimum absolute atomic E-state index is 0.242. The minimum atomic E-state index is -0.242. The van der Waals surface area contributed by atoms with Crippen LogP contribution in [-0.4, -0.2) is 10.7 Å². The highest BCUT2D eigenvalue weighted by atomic mass is 19.1. The van der Waals surface area contributed by atoms with Gasteiger partial charge in [0.2, 0.25) is 0 Å². The summed E-state index contributed by atoms with van der Waals surface area (Å²) in [4.78, 5) is 3.02. The molecule has 2 aromatic rings. The van der Waals surface area contributed by atoms with E-state index in [0.29, 0.717) is 23.2 Å². The third kappa shape index (κ3) is 1.31. The summed E-state index contributed by atoms with van der Waals surface area (Å²) in [5.74, 6) is -0.242. The fourth-order valence-electron chi connectivity index (χ4n) is 1.47. The number of benzene rings is 1. The number of aromatic nitrogens is 1. The van der Waals surface area contributed by atoms with Crippen LogP contribution in [0.3, 0.4) is 0 Å². The lowest BCUT2D eigenvalue weighted by atomic mass is 10.2. The number of rotatable bonds is 2. The molecule has 0 saturated carbocycles. The van der Waals surface area contributed by atoms with Crippen LogP contribution in [0.15, 0.2) is 24.3 Å². The lowest BCUT2D eigenvalue weighted by Gasteiger charge is -1.93. The number of halogens is 1. The van der Waals surface area contributed by atoms with Crippen molar-refractivity contribution in [1.82, 2.24) is 4.98 Å². The molecule has 1 aromatic heterocycles. The van der Waals surface area contributed by atoms with Crippen LogP contribution in [0.5, 0.6) is 0 Å². The third-order valence-electron chi connectivity index (χ3n) is 2.29. The number of hydrogen-bond acceptors (Lipinski definition) is 1. The van der Waals surface area contributed by atoms with E-state index in [9.17, 15) is 4.39 Å². The summed E-state index contributed by atoms with van der Waals surface area (Å²) in [7, 11) is 0. The Morgan fingerprint density at radius 2 is 2.29 bits per heavy atom. The van der Waals surface area contributed by atoms with Crippen LogP contribution in [0.4, 0.5) is 4.39 Å². The van der Waals surface area contributed by atoms with Crippen molar-refractivity contribution in [2.24, 2.45) is 0 Å². The van der Waals surface area contributed by atoms with Crippen molar-refractivity contribution in [1.29, 1.82) is 5.41 Å². The zero-order valence-corrected chi connectivity index (χ0v) is 7.89. The van der Waals surface area contributed by atoms with Crippen LogP contribution in [0.25, 0.3) is 10.9 Å². The van der Waals surface area contributed by atoms with Gasteiger partial charge in [-0.1, -0.05) is 13.0 Å². The average molecular weight is 190 g/mol. The summed E-state index contributed by atoms with van der Waals surface area (Å²) in [5.41, 5.74) is 1.95. The van der Waals surface area contributed by atoms with Crippen LogP contribution in [0.1, 0.15) is 19.0 Å². The summed E-state index contributed by atoms with van der Waals surface area (Å²) < 4.78 is 13.3. The van der Waals surface area contributed by atoms with Gasteiger partial charge in [0.05, 0.1) is 11.4 Å². The Labute approximate surface area is 81.3 Å². The van der Waals surface area contributed by atoms with Gasteiger partial charge in [-0.3, -0.25) is 0 Å². The highest BCUT2D eigenvalue weighted by molar-refractivity contribution is 6.00. The summed E-state index contributed by atoms with van der Waals surface area (Å²) >= 11 is 0. The van der Waals surface area contributed by atoms with E-state index in [-0.39, 0.29) is 5.82 Å². The van der Waals surface area contributed by atoms with Gasteiger partial charge < -0.3 is 10.4 Å². The van der Waals surface area contributed by atoms with Gasteiger partial charge in [0.1, 0.15) is 5.82 Å². The zero-order valence-electron chi connectivity index (χ0n) is 7.89. The second kappa shape index (κ2) is 3.25. The average Bonchev–Trinajstić information content (AvgIpc) is 2.62. The van der Waals surface area contributed by atoms with E-state index >= 15 is 0 Å². The quantitative estimate of drug-likeness (QED) is 0.683. The van der Waals surface area contributed by atoms with Crippen molar-refractivity contribution in [3.8, 4) is 0 Å². The van der Waals surface area contributed by atoms with E-state index in [1.165, 1.54) is 6.07 Å². The molecule has 0 bridgehead atoms. The molecule has 0 aliphatic rings. The molecule has 0 aliphatic heterocycles. The third-order valence-corrected chi connectivity index (χ3v) is 2.29. The first-order valence-corrected chi connectivity index (χ1v) is 4.57. The molecule has 0 atom stereocenters. The summed E-state index contributed by atoms with van der Waals surface area (Å²) in [5, 5.41) is 8.18. The topological polar surface area (TPSA) is 39.6 Å². The Morgan fingerprint density at radius 1 is 1.50 bits per heavy atom. The SMILES string of the molecule is CCC(=N)c1cc2c(F)cccc2[nH]1. The molecule has 1 aromatic carbocycles. The van der Waals surface area contributed by atoms with Gasteiger partial charge in [0.25, 0.3) is 0 Å². The van der Waals surface area contributed by atoms with Gasteiger partial charge in [-0.2, -0.15) is 0 Å². The number of H-pyrrole nitrogens is 1. The van der Waals surface area contributed by atoms with E-state index in [1.54, 1.807) is 12.1 Å². The molecular formula is C11H11FN2. The molecule has 0 fully saturated rings. The molecule has 2 rings (SSSR count). The highest BCUT2D eigenvalue weighted by Gasteiger charge is 2.06. The largest absolute Gasteiger partial charge is 0.353 e. The van der Waals surface area contributed by atoms with Crippen molar-refractivity contribution in [3.05, 3.63) is 35.8 Å². The van der Waals surface area contributed by atoms with E-state index in [2.05, 4.69) is 4.98 Å². The first-order chi connectivity index (χ1) is 6.72. The predicted octanol–water partition coefficient (Wildman–Crippen LogP) is 3.08. The number of aromatic amines is 1. The first kappa shape index (κ1) is 8.94. The van der Waals surface area contributed by atoms with Crippen molar-refractivity contribution in [3.63, 3.8) is 0 Å². The Hall–Kier alpha value is -1.64. The normalized spacial score (nSPS) is 10.7. The van der Waals surface area contributed by atoms with E-state index in [4.69, 9.17) is 5.41 Å². The van der Waals surface area contributed by atoms with E-state index in [1.807, 2.05) is 13.0 Å². The van der Waals surface area contributed by atoms with Gasteiger partial charge in [0.15, 0.2) is 0 Å². The molecule has 0 amide bonds. The standard InChI is InChI=1S/C11H11FN2/c1-2-9(13)11-6-7-8(12)4-3-5-10(7)14-11/h3-6,13-14H,2H2,1H3. The number of fused-ring (bicyclic) bond motifs is 1. The Kier molecular flexibility index (Phi) is 2.08. The maximum Gasteiger partial charge on any atom is 0.132 e. The Morgan fingerprint density at radius 3 is 2.93 bits per heavy atom. The molecule has 0 spiro atoms. The molecular weight excluding hydrogens is 179 g/mol. The predicted molar refractivity (Wildman–Crippen MR) is 55.4 cm³/mol. The molecule has 0 radical (unpaired) electrons. The van der Waals surface area contributed by atoms with Crippen molar-refractivity contribution < 1.29 is 4.39 Å². The monoisotopic (exact) mass is 190 g/mol. The fraction of sp³-hybridized carbons (Fsp3) is 0.182. The van der Waals surface area contributed by atoms with Gasteiger partial charge in [-0.25, -0.2) is 4.39 Å². The number of hydrogen-bond donors (Lipinski definition) is 2. The van der Waals surface area contributed by atoms with Gasteiger partial charge in [0, 0.05) is 10.9 Å². The van der Waals surface area contributed by atoms with Crippen LogP contribution in [0.2, 0.25) is 0 Å². The van der Waals surface area contributed by atoms with Gasteiger partial charge in [-0.05, 0) is 24.6 Å². The zero-order chi connectivity index (χ0) is 10.1. The van der Waals surface area contributed by atoms with Gasteiger partial charge >= 0.3 is 0 Å². The second-order valence-electron chi connectivity index (χ2n) is 3.22. The molecule has 0 unspecified atom stereocenters. The fourth-order valence-corrected chi connectivity index (χ4v) is 1.47. The summed E-state index contributed by atoms with van der Waals surface area (Å²) in [6.45, 7) is 1.91. The second-order valence-corrected chi connectivity index (χ2v) is 3.22. The lowest BCUT2D eigenvalue weighted by Crippen LogP contribution is -1.95. The Bertz CT molecular complexity index is 485. The van der Waals surface area contributed by atoms with Crippen LogP contribution in [-0.2, 0) is 0 Å². The van der Waals surface area contributed by atoms with Crippen molar-refractivity contribution in [2.75, 3.05) is 0 Å². The summed E-state index contributed by atoms with van der Waals surface area (Å²) in [6, 6.07) is 6.59. The molecule has 14 heavy (non-hydrogen) atoms. The van der Waals surface area contributed by atoms with Crippen LogP contribution < -0.4 is 0 Å². The minimum Gasteiger partial charge on any atom is -0.353 e. The van der Waals surface area contributed by atoms with Crippen molar-refractivity contribution >= 4 is 16.6 Å². The van der Waals surface area contributed by atoms with Crippen molar-refractivity contribution in [2.45, 2.75) is 13.3 Å². The maximum atomic E-state index is 13.3. The van der Waals surface area contributed by atoms with E-state index in [0.717, 1.165) is 5.52 Å². The molecule has 0 aliphatic carbocycles. The first-order valence-electron chi connectivity index (χ1n) is 4.57. The van der Waals surface area contributed by atoms with E-state index < -0.39 is 0 Å². The molecule has 2 nitrogen and oxygen atoms in total. The molecule has 3 heteroatoms. The molecule has 72 valence electrons. The molecule has 2 N–H and O–H groups in total.